The van der Waals surface area contributed by atoms with Gasteiger partial charge in [-0.15, -0.1) is 5.10 Å². The summed E-state index contributed by atoms with van der Waals surface area (Å²) >= 11 is 0. The SMILES string of the molecule is Cc1c([C@H]2CN3CCN(C(=O)Cc4ccc(-n5cnnn5)nc4)C[C@@H]3CO2)ccc(F)c1C#N. The Morgan fingerprint density at radius 2 is 2.15 bits per heavy atom. The summed E-state index contributed by atoms with van der Waals surface area (Å²) in [5.74, 6) is 0.124. The Bertz CT molecular complexity index is 1230. The van der Waals surface area contributed by atoms with E-state index in [1.165, 1.54) is 17.1 Å². The first-order chi connectivity index (χ1) is 16.5. The number of nitrogens with zero attached hydrogens (tertiary/aromatic N) is 8. The number of carbonyl (C=O) groups excluding carboxylic acids is 1. The number of amides is 1. The third kappa shape index (κ3) is 4.25. The zero-order valence-corrected chi connectivity index (χ0v) is 18.6. The van der Waals surface area contributed by atoms with Gasteiger partial charge in [0.25, 0.3) is 0 Å². The molecule has 0 saturated carbocycles. The number of rotatable bonds is 4. The molecule has 174 valence electrons. The fourth-order valence-electron chi connectivity index (χ4n) is 4.59. The molecule has 11 heteroatoms. The topological polar surface area (TPSA) is 113 Å². The molecule has 2 saturated heterocycles. The van der Waals surface area contributed by atoms with E-state index in [-0.39, 0.29) is 30.0 Å². The molecule has 2 aromatic heterocycles. The molecule has 0 bridgehead atoms. The van der Waals surface area contributed by atoms with Crippen LogP contribution in [-0.2, 0) is 16.0 Å². The van der Waals surface area contributed by atoms with Crippen molar-refractivity contribution in [3.05, 3.63) is 64.9 Å². The highest BCUT2D eigenvalue weighted by atomic mass is 19.1. The number of nitriles is 1. The number of ether oxygens (including phenoxy) is 1. The third-order valence-electron chi connectivity index (χ3n) is 6.51. The van der Waals surface area contributed by atoms with Gasteiger partial charge in [-0.25, -0.2) is 9.37 Å². The first kappa shape index (κ1) is 22.1. The van der Waals surface area contributed by atoms with Crippen LogP contribution in [-0.4, -0.2) is 79.7 Å². The van der Waals surface area contributed by atoms with Crippen molar-refractivity contribution in [1.82, 2.24) is 35.0 Å². The summed E-state index contributed by atoms with van der Waals surface area (Å²) in [5.41, 5.74) is 2.36. The summed E-state index contributed by atoms with van der Waals surface area (Å²) in [4.78, 5) is 21.4. The van der Waals surface area contributed by atoms with E-state index in [0.29, 0.717) is 37.6 Å². The molecule has 4 heterocycles. The number of piperazine rings is 1. The molecule has 0 spiro atoms. The predicted octanol–water partition coefficient (Wildman–Crippen LogP) is 1.20. The molecule has 2 aliphatic rings. The van der Waals surface area contributed by atoms with E-state index >= 15 is 0 Å². The van der Waals surface area contributed by atoms with E-state index < -0.39 is 5.82 Å². The Labute approximate surface area is 195 Å². The Balaban J connectivity index is 1.19. The number of tetrazole rings is 1. The number of benzene rings is 1. The molecule has 2 fully saturated rings. The van der Waals surface area contributed by atoms with Crippen molar-refractivity contribution in [1.29, 1.82) is 5.26 Å². The molecule has 10 nitrogen and oxygen atoms in total. The highest BCUT2D eigenvalue weighted by Crippen LogP contribution is 2.31. The molecule has 0 N–H and O–H groups in total. The van der Waals surface area contributed by atoms with Crippen LogP contribution < -0.4 is 0 Å². The highest BCUT2D eigenvalue weighted by molar-refractivity contribution is 5.79. The van der Waals surface area contributed by atoms with E-state index in [1.54, 1.807) is 25.3 Å². The van der Waals surface area contributed by atoms with Crippen LogP contribution in [0.5, 0.6) is 0 Å². The van der Waals surface area contributed by atoms with Gasteiger partial charge in [-0.1, -0.05) is 12.1 Å². The molecule has 34 heavy (non-hydrogen) atoms. The van der Waals surface area contributed by atoms with Crippen molar-refractivity contribution < 1.29 is 13.9 Å². The lowest BCUT2D eigenvalue weighted by molar-refractivity contribution is -0.139. The number of halogens is 1. The van der Waals surface area contributed by atoms with Crippen LogP contribution >= 0.6 is 0 Å². The van der Waals surface area contributed by atoms with Gasteiger partial charge in [0.15, 0.2) is 5.82 Å². The van der Waals surface area contributed by atoms with Gasteiger partial charge in [0.05, 0.1) is 30.7 Å². The van der Waals surface area contributed by atoms with Crippen molar-refractivity contribution in [2.45, 2.75) is 25.5 Å². The second-order valence-corrected chi connectivity index (χ2v) is 8.51. The first-order valence-corrected chi connectivity index (χ1v) is 11.0. The minimum atomic E-state index is -0.509. The van der Waals surface area contributed by atoms with Crippen LogP contribution in [0.3, 0.4) is 0 Å². The lowest BCUT2D eigenvalue weighted by atomic mass is 9.96. The fourth-order valence-corrected chi connectivity index (χ4v) is 4.59. The summed E-state index contributed by atoms with van der Waals surface area (Å²) in [5, 5.41) is 20.2. The third-order valence-corrected chi connectivity index (χ3v) is 6.51. The minimum Gasteiger partial charge on any atom is -0.370 e. The second-order valence-electron chi connectivity index (χ2n) is 8.51. The predicted molar refractivity (Wildman–Crippen MR) is 117 cm³/mol. The van der Waals surface area contributed by atoms with Crippen molar-refractivity contribution >= 4 is 5.91 Å². The molecule has 1 aromatic carbocycles. The number of pyridine rings is 1. The first-order valence-electron chi connectivity index (χ1n) is 11.0. The summed E-state index contributed by atoms with van der Waals surface area (Å²) in [6, 6.07) is 8.71. The van der Waals surface area contributed by atoms with Gasteiger partial charge in [-0.05, 0) is 46.2 Å². The fraction of sp³-hybridized carbons (Fsp3) is 0.391. The number of aromatic nitrogens is 5. The highest BCUT2D eigenvalue weighted by Gasteiger charge is 2.36. The van der Waals surface area contributed by atoms with Gasteiger partial charge >= 0.3 is 0 Å². The van der Waals surface area contributed by atoms with E-state index in [9.17, 15) is 14.4 Å². The van der Waals surface area contributed by atoms with Gasteiger partial charge in [0.2, 0.25) is 5.91 Å². The normalized spacial score (nSPS) is 20.6. The van der Waals surface area contributed by atoms with Crippen LogP contribution in [0.2, 0.25) is 0 Å². The Kier molecular flexibility index (Phi) is 6.00. The maximum atomic E-state index is 13.9. The number of morpholine rings is 1. The summed E-state index contributed by atoms with van der Waals surface area (Å²) < 4.78 is 21.5. The Morgan fingerprint density at radius 3 is 2.88 bits per heavy atom. The largest absolute Gasteiger partial charge is 0.370 e. The van der Waals surface area contributed by atoms with Crippen LogP contribution in [0, 0.1) is 24.1 Å². The van der Waals surface area contributed by atoms with Crippen molar-refractivity contribution in [2.24, 2.45) is 0 Å². The van der Waals surface area contributed by atoms with E-state index in [4.69, 9.17) is 4.74 Å². The number of carbonyl (C=O) groups is 1. The number of fused-ring (bicyclic) bond motifs is 1. The van der Waals surface area contributed by atoms with Gasteiger partial charge in [0.1, 0.15) is 18.2 Å². The molecule has 2 aliphatic heterocycles. The molecule has 5 rings (SSSR count). The smallest absolute Gasteiger partial charge is 0.227 e. The maximum Gasteiger partial charge on any atom is 0.227 e. The Hall–Kier alpha value is -3.75. The average Bonchev–Trinajstić information content (AvgIpc) is 3.39. The molecule has 0 unspecified atom stereocenters. The van der Waals surface area contributed by atoms with Crippen LogP contribution in [0.25, 0.3) is 5.82 Å². The van der Waals surface area contributed by atoms with E-state index in [0.717, 1.165) is 17.7 Å². The van der Waals surface area contributed by atoms with E-state index in [2.05, 4.69) is 25.4 Å². The summed E-state index contributed by atoms with van der Waals surface area (Å²) in [7, 11) is 0. The van der Waals surface area contributed by atoms with Crippen LogP contribution in [0.1, 0.15) is 28.4 Å². The average molecular weight is 462 g/mol. The molecule has 0 aliphatic carbocycles. The molecule has 1 amide bonds. The lowest BCUT2D eigenvalue weighted by Crippen LogP contribution is -2.59. The van der Waals surface area contributed by atoms with E-state index in [1.807, 2.05) is 17.0 Å². The summed E-state index contributed by atoms with van der Waals surface area (Å²) in [6.45, 7) is 4.82. The van der Waals surface area contributed by atoms with Crippen LogP contribution in [0.4, 0.5) is 4.39 Å². The van der Waals surface area contributed by atoms with Gasteiger partial charge in [-0.2, -0.15) is 9.94 Å². The summed E-state index contributed by atoms with van der Waals surface area (Å²) in [6.07, 6.45) is 3.17. The van der Waals surface area contributed by atoms with Crippen molar-refractivity contribution in [3.8, 4) is 11.9 Å². The monoisotopic (exact) mass is 462 g/mol. The molecular weight excluding hydrogens is 439 g/mol. The zero-order chi connectivity index (χ0) is 23.7. The van der Waals surface area contributed by atoms with Crippen molar-refractivity contribution in [2.75, 3.05) is 32.8 Å². The molecule has 2 atom stereocenters. The Morgan fingerprint density at radius 1 is 1.26 bits per heavy atom. The quantitative estimate of drug-likeness (QED) is 0.569. The van der Waals surface area contributed by atoms with Crippen molar-refractivity contribution in [3.63, 3.8) is 0 Å². The number of hydrogen-bond donors (Lipinski definition) is 0. The zero-order valence-electron chi connectivity index (χ0n) is 18.6. The van der Waals surface area contributed by atoms with Gasteiger partial charge in [0, 0.05) is 32.4 Å². The molecule has 0 radical (unpaired) electrons. The standard InChI is InChI=1S/C23H23FN8O2/c1-15-18(3-4-20(24)19(15)9-25)21-12-30-6-7-31(11-17(30)13-34-21)23(33)8-16-2-5-22(26-10-16)32-14-27-28-29-32/h2-5,10,14,17,21H,6-8,11-13H2,1H3/t17-,21-/m1/s1. The maximum absolute atomic E-state index is 13.9. The molecular formula is C23H23FN8O2. The number of hydrogen-bond acceptors (Lipinski definition) is 8. The molecule has 3 aromatic rings. The second kappa shape index (κ2) is 9.24. The van der Waals surface area contributed by atoms with Gasteiger partial charge < -0.3 is 9.64 Å². The van der Waals surface area contributed by atoms with Crippen LogP contribution in [0.15, 0.2) is 36.8 Å². The van der Waals surface area contributed by atoms with Gasteiger partial charge in [-0.3, -0.25) is 9.69 Å². The minimum absolute atomic E-state index is 0.0480. The lowest BCUT2D eigenvalue weighted by Gasteiger charge is -2.46.